The van der Waals surface area contributed by atoms with Gasteiger partial charge in [-0.05, 0) is 43.5 Å². The van der Waals surface area contributed by atoms with Crippen LogP contribution in [0.15, 0.2) is 71.6 Å². The van der Waals surface area contributed by atoms with Crippen LogP contribution >= 0.6 is 0 Å². The molecule has 2 aliphatic rings. The molecule has 0 fully saturated rings. The summed E-state index contributed by atoms with van der Waals surface area (Å²) in [4.78, 5) is 34.2. The minimum absolute atomic E-state index is 0.0942. The number of carbonyl (C=O) groups is 2. The SMILES string of the molecule is CC1=C(C(=O)Nc2cccnc2)C(c2cccnc2)C2=C(CCCC2=O)N1. The summed E-state index contributed by atoms with van der Waals surface area (Å²) >= 11 is 0. The average molecular weight is 360 g/mol. The van der Waals surface area contributed by atoms with E-state index in [4.69, 9.17) is 0 Å². The van der Waals surface area contributed by atoms with Gasteiger partial charge >= 0.3 is 0 Å². The summed E-state index contributed by atoms with van der Waals surface area (Å²) in [6, 6.07) is 7.30. The van der Waals surface area contributed by atoms with Gasteiger partial charge in [-0.25, -0.2) is 0 Å². The lowest BCUT2D eigenvalue weighted by Gasteiger charge is -2.34. The van der Waals surface area contributed by atoms with Gasteiger partial charge in [-0.1, -0.05) is 6.07 Å². The van der Waals surface area contributed by atoms with Crippen molar-refractivity contribution in [2.75, 3.05) is 5.32 Å². The fraction of sp³-hybridized carbons (Fsp3) is 0.238. The molecule has 0 saturated carbocycles. The third kappa shape index (κ3) is 3.26. The molecule has 1 aliphatic heterocycles. The number of allylic oxidation sites excluding steroid dienone is 3. The lowest BCUT2D eigenvalue weighted by Crippen LogP contribution is -2.35. The van der Waals surface area contributed by atoms with Crippen molar-refractivity contribution in [3.05, 3.63) is 77.2 Å². The maximum atomic E-state index is 13.2. The number of aromatic nitrogens is 2. The molecule has 0 saturated heterocycles. The molecule has 6 nitrogen and oxygen atoms in total. The summed E-state index contributed by atoms with van der Waals surface area (Å²) < 4.78 is 0. The van der Waals surface area contributed by atoms with E-state index in [1.54, 1.807) is 36.9 Å². The Labute approximate surface area is 157 Å². The van der Waals surface area contributed by atoms with E-state index >= 15 is 0 Å². The molecule has 1 aliphatic carbocycles. The van der Waals surface area contributed by atoms with Crippen LogP contribution in [0.1, 0.15) is 37.7 Å². The summed E-state index contributed by atoms with van der Waals surface area (Å²) in [6.07, 6.45) is 8.81. The molecule has 0 radical (unpaired) electrons. The van der Waals surface area contributed by atoms with Crippen LogP contribution in [0.4, 0.5) is 5.69 Å². The lowest BCUT2D eigenvalue weighted by molar-refractivity contribution is -0.116. The summed E-state index contributed by atoms with van der Waals surface area (Å²) in [5.74, 6) is -0.567. The van der Waals surface area contributed by atoms with Crippen molar-refractivity contribution in [3.8, 4) is 0 Å². The molecule has 3 heterocycles. The zero-order valence-corrected chi connectivity index (χ0v) is 15.0. The van der Waals surface area contributed by atoms with E-state index in [0.717, 1.165) is 29.8 Å². The van der Waals surface area contributed by atoms with E-state index in [9.17, 15) is 9.59 Å². The Kier molecular flexibility index (Phi) is 4.54. The number of nitrogens with zero attached hydrogens (tertiary/aromatic N) is 2. The minimum atomic E-state index is -0.417. The van der Waals surface area contributed by atoms with E-state index in [1.165, 1.54) is 0 Å². The zero-order valence-electron chi connectivity index (χ0n) is 15.0. The van der Waals surface area contributed by atoms with Crippen LogP contribution in [-0.4, -0.2) is 21.7 Å². The Morgan fingerprint density at radius 2 is 1.93 bits per heavy atom. The molecule has 2 aromatic heterocycles. The maximum absolute atomic E-state index is 13.2. The van der Waals surface area contributed by atoms with Crippen LogP contribution < -0.4 is 10.6 Å². The van der Waals surface area contributed by atoms with Gasteiger partial charge in [0.2, 0.25) is 0 Å². The van der Waals surface area contributed by atoms with Gasteiger partial charge in [0.25, 0.3) is 5.91 Å². The predicted molar refractivity (Wildman–Crippen MR) is 102 cm³/mol. The number of hydrogen-bond acceptors (Lipinski definition) is 5. The average Bonchev–Trinajstić information content (AvgIpc) is 2.68. The maximum Gasteiger partial charge on any atom is 0.254 e. The first kappa shape index (κ1) is 17.1. The van der Waals surface area contributed by atoms with Gasteiger partial charge in [-0.3, -0.25) is 19.6 Å². The first-order valence-electron chi connectivity index (χ1n) is 9.00. The molecule has 0 bridgehead atoms. The quantitative estimate of drug-likeness (QED) is 0.879. The first-order valence-corrected chi connectivity index (χ1v) is 9.00. The van der Waals surface area contributed by atoms with Crippen LogP contribution in [0.3, 0.4) is 0 Å². The second kappa shape index (κ2) is 7.15. The Hall–Kier alpha value is -3.28. The highest BCUT2D eigenvalue weighted by Crippen LogP contribution is 2.42. The van der Waals surface area contributed by atoms with E-state index in [-0.39, 0.29) is 11.7 Å². The molecule has 1 atom stereocenters. The van der Waals surface area contributed by atoms with E-state index in [2.05, 4.69) is 20.6 Å². The Morgan fingerprint density at radius 1 is 1.15 bits per heavy atom. The van der Waals surface area contributed by atoms with Crippen molar-refractivity contribution >= 4 is 17.4 Å². The molecule has 2 aromatic rings. The van der Waals surface area contributed by atoms with Crippen molar-refractivity contribution in [2.45, 2.75) is 32.1 Å². The number of rotatable bonds is 3. The third-order valence-corrected chi connectivity index (χ3v) is 4.96. The standard InChI is InChI=1S/C21H20N4O2/c1-13-18(21(27)25-15-6-4-10-23-12-15)19(14-5-3-9-22-11-14)20-16(24-13)7-2-8-17(20)26/h3-6,9-12,19,24H,2,7-8H2,1H3,(H,25,27). The zero-order chi connectivity index (χ0) is 18.8. The van der Waals surface area contributed by atoms with E-state index < -0.39 is 5.92 Å². The van der Waals surface area contributed by atoms with Gasteiger partial charge in [-0.2, -0.15) is 0 Å². The Balaban J connectivity index is 1.78. The molecule has 0 aromatic carbocycles. The van der Waals surface area contributed by atoms with Crippen LogP contribution in [0.5, 0.6) is 0 Å². The van der Waals surface area contributed by atoms with Gasteiger partial charge in [0.15, 0.2) is 5.78 Å². The number of nitrogens with one attached hydrogen (secondary N) is 2. The fourth-order valence-corrected chi connectivity index (χ4v) is 3.80. The van der Waals surface area contributed by atoms with Crippen molar-refractivity contribution in [1.82, 2.24) is 15.3 Å². The van der Waals surface area contributed by atoms with Gasteiger partial charge in [0.05, 0.1) is 11.9 Å². The minimum Gasteiger partial charge on any atom is -0.362 e. The molecule has 6 heteroatoms. The monoisotopic (exact) mass is 360 g/mol. The van der Waals surface area contributed by atoms with Crippen LogP contribution in [-0.2, 0) is 9.59 Å². The Morgan fingerprint density at radius 3 is 2.63 bits per heavy atom. The summed E-state index contributed by atoms with van der Waals surface area (Å²) in [6.45, 7) is 1.88. The molecule has 2 N–H and O–H groups in total. The highest BCUT2D eigenvalue weighted by atomic mass is 16.2. The van der Waals surface area contributed by atoms with Crippen molar-refractivity contribution in [3.63, 3.8) is 0 Å². The molecule has 1 amide bonds. The van der Waals surface area contributed by atoms with Gasteiger partial charge in [-0.15, -0.1) is 0 Å². The second-order valence-electron chi connectivity index (χ2n) is 6.75. The van der Waals surface area contributed by atoms with Gasteiger partial charge in [0, 0.05) is 53.5 Å². The highest BCUT2D eigenvalue weighted by Gasteiger charge is 2.38. The summed E-state index contributed by atoms with van der Waals surface area (Å²) in [5.41, 5.74) is 4.38. The highest BCUT2D eigenvalue weighted by molar-refractivity contribution is 6.09. The van der Waals surface area contributed by atoms with E-state index in [1.807, 2.05) is 19.1 Å². The number of dihydropyridines is 1. The molecule has 27 heavy (non-hydrogen) atoms. The number of pyridine rings is 2. The van der Waals surface area contributed by atoms with Crippen molar-refractivity contribution in [1.29, 1.82) is 0 Å². The number of ketones is 1. The van der Waals surface area contributed by atoms with Gasteiger partial charge < -0.3 is 10.6 Å². The summed E-state index contributed by atoms with van der Waals surface area (Å²) in [7, 11) is 0. The first-order chi connectivity index (χ1) is 13.1. The second-order valence-corrected chi connectivity index (χ2v) is 6.75. The Bertz CT molecular complexity index is 949. The fourth-order valence-electron chi connectivity index (χ4n) is 3.80. The van der Waals surface area contributed by atoms with Crippen molar-refractivity contribution < 1.29 is 9.59 Å². The van der Waals surface area contributed by atoms with Gasteiger partial charge in [0.1, 0.15) is 0 Å². The largest absolute Gasteiger partial charge is 0.362 e. The van der Waals surface area contributed by atoms with Crippen molar-refractivity contribution in [2.24, 2.45) is 0 Å². The molecule has 0 spiro atoms. The molecule has 4 rings (SSSR count). The number of amides is 1. The third-order valence-electron chi connectivity index (χ3n) is 4.96. The summed E-state index contributed by atoms with van der Waals surface area (Å²) in [5, 5.41) is 6.21. The topological polar surface area (TPSA) is 84.0 Å². The smallest absolute Gasteiger partial charge is 0.254 e. The van der Waals surface area contributed by atoms with E-state index in [0.29, 0.717) is 23.3 Å². The molecule has 1 unspecified atom stereocenters. The lowest BCUT2D eigenvalue weighted by atomic mass is 9.75. The number of anilines is 1. The number of hydrogen-bond donors (Lipinski definition) is 2. The molecular weight excluding hydrogens is 340 g/mol. The molecule has 136 valence electrons. The molecular formula is C21H20N4O2. The van der Waals surface area contributed by atoms with Crippen LogP contribution in [0, 0.1) is 0 Å². The number of Topliss-reactive ketones (excluding diaryl/α,β-unsaturated/α-hetero) is 1. The van der Waals surface area contributed by atoms with Crippen LogP contribution in [0.2, 0.25) is 0 Å². The predicted octanol–water partition coefficient (Wildman–Crippen LogP) is 3.08. The van der Waals surface area contributed by atoms with Crippen LogP contribution in [0.25, 0.3) is 0 Å². The normalized spacial score (nSPS) is 19.4. The number of carbonyl (C=O) groups excluding carboxylic acids is 2.